The van der Waals surface area contributed by atoms with Crippen LogP contribution >= 0.6 is 46.4 Å². The van der Waals surface area contributed by atoms with Crippen molar-refractivity contribution in [1.82, 2.24) is 0 Å². The second-order valence-corrected chi connectivity index (χ2v) is 9.30. The van der Waals surface area contributed by atoms with Crippen molar-refractivity contribution in [2.24, 2.45) is 0 Å². The Bertz CT molecular complexity index is 1180. The van der Waals surface area contributed by atoms with Gasteiger partial charge in [-0.05, 0) is 35.9 Å². The molecular formula is C19H12Cl4O5S. The van der Waals surface area contributed by atoms with E-state index in [2.05, 4.69) is 0 Å². The van der Waals surface area contributed by atoms with Gasteiger partial charge in [-0.15, -0.1) is 0 Å². The molecule has 0 amide bonds. The number of phenols is 2. The zero-order chi connectivity index (χ0) is 21.6. The molecule has 10 heteroatoms. The quantitative estimate of drug-likeness (QED) is 0.311. The molecule has 0 heterocycles. The van der Waals surface area contributed by atoms with E-state index in [1.807, 2.05) is 0 Å². The van der Waals surface area contributed by atoms with Crippen LogP contribution in [0.5, 0.6) is 11.5 Å². The highest BCUT2D eigenvalue weighted by Crippen LogP contribution is 2.53. The van der Waals surface area contributed by atoms with Gasteiger partial charge in [-0.1, -0.05) is 64.6 Å². The molecule has 3 N–H and O–H groups in total. The molecule has 152 valence electrons. The van der Waals surface area contributed by atoms with Crippen LogP contribution in [0.4, 0.5) is 0 Å². The Balaban J connectivity index is 2.63. The summed E-state index contributed by atoms with van der Waals surface area (Å²) in [5.41, 5.74) is -0.790. The Hall–Kier alpha value is -1.67. The maximum absolute atomic E-state index is 13.0. The molecule has 3 rings (SSSR count). The second-order valence-electron chi connectivity index (χ2n) is 6.08. The van der Waals surface area contributed by atoms with Crippen molar-refractivity contribution in [1.29, 1.82) is 0 Å². The lowest BCUT2D eigenvalue weighted by atomic mass is 9.83. The molecule has 1 atom stereocenters. The Labute approximate surface area is 186 Å². The third-order valence-corrected chi connectivity index (χ3v) is 7.12. The third-order valence-electron chi connectivity index (χ3n) is 4.40. The zero-order valence-corrected chi connectivity index (χ0v) is 18.1. The van der Waals surface area contributed by atoms with Crippen LogP contribution in [-0.2, 0) is 14.9 Å². The maximum atomic E-state index is 13.0. The predicted octanol–water partition coefficient (Wildman–Crippen LogP) is 5.89. The minimum atomic E-state index is -5.14. The van der Waals surface area contributed by atoms with E-state index in [1.54, 1.807) is 0 Å². The molecule has 0 aliphatic carbocycles. The topological polar surface area (TPSA) is 94.8 Å². The van der Waals surface area contributed by atoms with E-state index in [4.69, 9.17) is 46.4 Å². The molecule has 5 nitrogen and oxygen atoms in total. The number of benzene rings is 3. The number of phenolic OH excluding ortho intramolecular Hbond substituents is 2. The van der Waals surface area contributed by atoms with Gasteiger partial charge < -0.3 is 10.2 Å². The van der Waals surface area contributed by atoms with Crippen molar-refractivity contribution >= 4 is 56.5 Å². The summed E-state index contributed by atoms with van der Waals surface area (Å²) in [6, 6.07) is 11.5. The van der Waals surface area contributed by atoms with Gasteiger partial charge >= 0.3 is 0 Å². The smallest absolute Gasteiger partial charge is 0.283 e. The van der Waals surface area contributed by atoms with Gasteiger partial charge in [-0.2, -0.15) is 8.42 Å². The summed E-state index contributed by atoms with van der Waals surface area (Å²) in [6.45, 7) is 0. The molecular weight excluding hydrogens is 482 g/mol. The van der Waals surface area contributed by atoms with Crippen molar-refractivity contribution in [2.45, 2.75) is 4.75 Å². The molecule has 0 aliphatic heterocycles. The summed E-state index contributed by atoms with van der Waals surface area (Å²) < 4.78 is 33.8. The fourth-order valence-electron chi connectivity index (χ4n) is 3.22. The van der Waals surface area contributed by atoms with Crippen molar-refractivity contribution in [2.75, 3.05) is 0 Å². The average Bonchev–Trinajstić information content (AvgIpc) is 2.62. The largest absolute Gasteiger partial charge is 0.508 e. The highest BCUT2D eigenvalue weighted by molar-refractivity contribution is 7.87. The standard InChI is InChI=1S/C19H12Cl4O5S/c20-11-6-4-10(5-7-11)19(29(26,27)28,18-13(21)2-1-3-16(18)24)12-8-14(22)15(23)9-17(12)25/h1-9,24-25H,(H,26,27,28). The first-order valence-electron chi connectivity index (χ1n) is 7.89. The average molecular weight is 494 g/mol. The summed E-state index contributed by atoms with van der Waals surface area (Å²) >= 11 is 24.2. The molecule has 0 saturated carbocycles. The SMILES string of the molecule is O=S(=O)(O)C(c1ccc(Cl)cc1)(c1cc(Cl)c(Cl)cc1O)c1c(O)cccc1Cl. The number of aromatic hydroxyl groups is 2. The van der Waals surface area contributed by atoms with Crippen LogP contribution in [-0.4, -0.2) is 23.2 Å². The van der Waals surface area contributed by atoms with Crippen molar-refractivity contribution in [3.05, 3.63) is 91.4 Å². The molecule has 0 aliphatic rings. The molecule has 29 heavy (non-hydrogen) atoms. The first kappa shape index (κ1) is 22.0. The Kier molecular flexibility index (Phi) is 5.98. The molecule has 3 aromatic carbocycles. The van der Waals surface area contributed by atoms with Gasteiger partial charge in [-0.3, -0.25) is 4.55 Å². The Morgan fingerprint density at radius 2 is 1.34 bits per heavy atom. The molecule has 0 spiro atoms. The van der Waals surface area contributed by atoms with E-state index >= 15 is 0 Å². The second kappa shape index (κ2) is 7.87. The molecule has 0 radical (unpaired) electrons. The fourth-order valence-corrected chi connectivity index (χ4v) is 5.38. The summed E-state index contributed by atoms with van der Waals surface area (Å²) in [5.74, 6) is -1.12. The zero-order valence-electron chi connectivity index (χ0n) is 14.3. The molecule has 0 saturated heterocycles. The van der Waals surface area contributed by atoms with Gasteiger partial charge in [-0.25, -0.2) is 0 Å². The van der Waals surface area contributed by atoms with Crippen LogP contribution in [0.25, 0.3) is 0 Å². The Morgan fingerprint density at radius 1 is 0.759 bits per heavy atom. The van der Waals surface area contributed by atoms with Gasteiger partial charge in [0.25, 0.3) is 10.1 Å². The Morgan fingerprint density at radius 3 is 1.90 bits per heavy atom. The van der Waals surface area contributed by atoms with Gasteiger partial charge in [0.2, 0.25) is 0 Å². The lowest BCUT2D eigenvalue weighted by molar-refractivity contribution is 0.428. The van der Waals surface area contributed by atoms with E-state index in [0.717, 1.165) is 12.1 Å². The van der Waals surface area contributed by atoms with Crippen LogP contribution in [0.1, 0.15) is 16.7 Å². The van der Waals surface area contributed by atoms with E-state index < -0.39 is 26.4 Å². The third kappa shape index (κ3) is 3.65. The molecule has 3 aromatic rings. The van der Waals surface area contributed by atoms with E-state index in [0.29, 0.717) is 5.02 Å². The predicted molar refractivity (Wildman–Crippen MR) is 114 cm³/mol. The van der Waals surface area contributed by atoms with Crippen molar-refractivity contribution in [3.8, 4) is 11.5 Å². The fraction of sp³-hybridized carbons (Fsp3) is 0.0526. The van der Waals surface area contributed by atoms with E-state index in [1.165, 1.54) is 42.5 Å². The molecule has 0 bridgehead atoms. The summed E-state index contributed by atoms with van der Waals surface area (Å²) in [5, 5.41) is 21.1. The van der Waals surface area contributed by atoms with Gasteiger partial charge in [0.1, 0.15) is 11.5 Å². The summed E-state index contributed by atoms with van der Waals surface area (Å²) in [4.78, 5) is 0. The minimum absolute atomic E-state index is 0.0448. The van der Waals surface area contributed by atoms with E-state index in [9.17, 15) is 23.2 Å². The number of hydrogen-bond donors (Lipinski definition) is 3. The number of rotatable bonds is 4. The number of halogens is 4. The molecule has 0 fully saturated rings. The van der Waals surface area contributed by atoms with Gasteiger partial charge in [0.15, 0.2) is 4.75 Å². The van der Waals surface area contributed by atoms with Crippen LogP contribution in [0, 0.1) is 0 Å². The first-order chi connectivity index (χ1) is 13.5. The monoisotopic (exact) mass is 492 g/mol. The minimum Gasteiger partial charge on any atom is -0.508 e. The van der Waals surface area contributed by atoms with Crippen LogP contribution in [0.2, 0.25) is 20.1 Å². The lowest BCUT2D eigenvalue weighted by Gasteiger charge is -2.34. The van der Waals surface area contributed by atoms with E-state index in [-0.39, 0.29) is 31.8 Å². The van der Waals surface area contributed by atoms with Crippen molar-refractivity contribution < 1.29 is 23.2 Å². The van der Waals surface area contributed by atoms with Gasteiger partial charge in [0.05, 0.1) is 10.0 Å². The van der Waals surface area contributed by atoms with Gasteiger partial charge in [0, 0.05) is 27.2 Å². The highest BCUT2D eigenvalue weighted by Gasteiger charge is 2.53. The first-order valence-corrected chi connectivity index (χ1v) is 10.8. The maximum Gasteiger partial charge on any atom is 0.283 e. The summed E-state index contributed by atoms with van der Waals surface area (Å²) in [6.07, 6.45) is 0. The molecule has 1 unspecified atom stereocenters. The van der Waals surface area contributed by atoms with Crippen molar-refractivity contribution in [3.63, 3.8) is 0 Å². The number of hydrogen-bond acceptors (Lipinski definition) is 4. The lowest BCUT2D eigenvalue weighted by Crippen LogP contribution is -2.38. The highest BCUT2D eigenvalue weighted by atomic mass is 35.5. The normalized spacial score (nSPS) is 13.8. The van der Waals surface area contributed by atoms with Crippen LogP contribution in [0.15, 0.2) is 54.6 Å². The molecule has 0 aromatic heterocycles. The van der Waals surface area contributed by atoms with Crippen LogP contribution in [0.3, 0.4) is 0 Å². The summed E-state index contributed by atoms with van der Waals surface area (Å²) in [7, 11) is -5.14. The van der Waals surface area contributed by atoms with Crippen LogP contribution < -0.4 is 0 Å².